The number of nitrogens with zero attached hydrogens (tertiary/aromatic N) is 5. The van der Waals surface area contributed by atoms with Crippen molar-refractivity contribution in [1.29, 1.82) is 0 Å². The molecular weight excluding hydrogens is 515 g/mol. The second kappa shape index (κ2) is 9.63. The van der Waals surface area contributed by atoms with Crippen molar-refractivity contribution in [2.75, 3.05) is 10.6 Å². The van der Waals surface area contributed by atoms with Crippen LogP contribution in [0.2, 0.25) is 5.02 Å². The predicted octanol–water partition coefficient (Wildman–Crippen LogP) is 6.64. The fourth-order valence-corrected chi connectivity index (χ4v) is 4.16. The molecule has 2 aromatic carbocycles. The Bertz CT molecular complexity index is 1500. The summed E-state index contributed by atoms with van der Waals surface area (Å²) in [6.07, 6.45) is -1.55. The predicted molar refractivity (Wildman–Crippen MR) is 132 cm³/mol. The highest BCUT2D eigenvalue weighted by atomic mass is 35.5. The molecule has 36 heavy (non-hydrogen) atoms. The Labute approximate surface area is 211 Å². The highest BCUT2D eigenvalue weighted by molar-refractivity contribution is 7.13. The topological polar surface area (TPSA) is 89.8 Å². The first-order valence-electron chi connectivity index (χ1n) is 10.5. The van der Waals surface area contributed by atoms with Gasteiger partial charge in [0.15, 0.2) is 10.8 Å². The fraction of sp³-hybridized carbons (Fsp3) is 0.130. The molecule has 0 bridgehead atoms. The Balaban J connectivity index is 1.24. The third-order valence-electron chi connectivity index (χ3n) is 5.11. The SMILES string of the molecule is Cn1c(NCc2ccc(Oc3ncc(Cl)cn3)cc2)nc2ccc(Nc3nc(C(F)(F)F)cs3)cc21. The van der Waals surface area contributed by atoms with E-state index >= 15 is 0 Å². The summed E-state index contributed by atoms with van der Waals surface area (Å²) in [5, 5.41) is 7.80. The Morgan fingerprint density at radius 2 is 1.81 bits per heavy atom. The van der Waals surface area contributed by atoms with Crippen LogP contribution in [-0.2, 0) is 19.8 Å². The summed E-state index contributed by atoms with van der Waals surface area (Å²) in [6, 6.07) is 13.0. The van der Waals surface area contributed by atoms with Gasteiger partial charge in [0.2, 0.25) is 5.95 Å². The van der Waals surface area contributed by atoms with Crippen LogP contribution in [-0.4, -0.2) is 24.5 Å². The van der Waals surface area contributed by atoms with E-state index in [9.17, 15) is 13.2 Å². The number of ether oxygens (including phenoxy) is 1. The molecule has 0 saturated heterocycles. The molecule has 13 heteroatoms. The van der Waals surface area contributed by atoms with Gasteiger partial charge in [-0.25, -0.2) is 19.9 Å². The van der Waals surface area contributed by atoms with E-state index in [-0.39, 0.29) is 11.1 Å². The van der Waals surface area contributed by atoms with Gasteiger partial charge in [0.1, 0.15) is 5.75 Å². The van der Waals surface area contributed by atoms with Gasteiger partial charge in [0, 0.05) is 24.7 Å². The minimum atomic E-state index is -4.47. The maximum Gasteiger partial charge on any atom is 0.434 e. The largest absolute Gasteiger partial charge is 0.434 e. The van der Waals surface area contributed by atoms with Crippen LogP contribution in [0.25, 0.3) is 11.0 Å². The van der Waals surface area contributed by atoms with E-state index in [2.05, 4.69) is 30.6 Å². The molecule has 0 unspecified atom stereocenters. The zero-order valence-electron chi connectivity index (χ0n) is 18.5. The van der Waals surface area contributed by atoms with Gasteiger partial charge in [-0.2, -0.15) is 13.2 Å². The lowest BCUT2D eigenvalue weighted by molar-refractivity contribution is -0.140. The second-order valence-electron chi connectivity index (χ2n) is 7.64. The molecule has 5 rings (SSSR count). The average Bonchev–Trinajstić information content (AvgIpc) is 3.45. The average molecular weight is 532 g/mol. The molecule has 0 atom stereocenters. The van der Waals surface area contributed by atoms with Crippen molar-refractivity contribution in [1.82, 2.24) is 24.5 Å². The van der Waals surface area contributed by atoms with Gasteiger partial charge < -0.3 is 19.9 Å². The highest BCUT2D eigenvalue weighted by Crippen LogP contribution is 2.33. The first-order chi connectivity index (χ1) is 17.2. The molecule has 0 saturated carbocycles. The van der Waals surface area contributed by atoms with E-state index in [1.54, 1.807) is 12.1 Å². The zero-order chi connectivity index (χ0) is 25.3. The Kier molecular flexibility index (Phi) is 6.37. The van der Waals surface area contributed by atoms with E-state index in [0.29, 0.717) is 29.0 Å². The maximum atomic E-state index is 12.8. The minimum absolute atomic E-state index is 0.164. The molecule has 0 aliphatic carbocycles. The van der Waals surface area contributed by atoms with Crippen LogP contribution >= 0.6 is 22.9 Å². The molecule has 0 aliphatic rings. The van der Waals surface area contributed by atoms with Gasteiger partial charge in [0.05, 0.1) is 28.4 Å². The quantitative estimate of drug-likeness (QED) is 0.243. The molecule has 184 valence electrons. The lowest BCUT2D eigenvalue weighted by Crippen LogP contribution is -2.05. The van der Waals surface area contributed by atoms with Gasteiger partial charge in [-0.3, -0.25) is 0 Å². The number of nitrogens with one attached hydrogen (secondary N) is 2. The molecule has 0 fully saturated rings. The van der Waals surface area contributed by atoms with E-state index < -0.39 is 11.9 Å². The molecule has 0 amide bonds. The van der Waals surface area contributed by atoms with Gasteiger partial charge >= 0.3 is 12.2 Å². The van der Waals surface area contributed by atoms with Gasteiger partial charge in [0.25, 0.3) is 0 Å². The highest BCUT2D eigenvalue weighted by Gasteiger charge is 2.33. The van der Waals surface area contributed by atoms with Crippen LogP contribution in [0.4, 0.5) is 29.9 Å². The third-order valence-corrected chi connectivity index (χ3v) is 6.06. The number of benzene rings is 2. The van der Waals surface area contributed by atoms with E-state index in [4.69, 9.17) is 16.3 Å². The van der Waals surface area contributed by atoms with Crippen molar-refractivity contribution < 1.29 is 17.9 Å². The summed E-state index contributed by atoms with van der Waals surface area (Å²) in [6.45, 7) is 0.513. The third kappa shape index (κ3) is 5.34. The number of hydrogen-bond acceptors (Lipinski definition) is 8. The van der Waals surface area contributed by atoms with Crippen LogP contribution in [0.3, 0.4) is 0 Å². The van der Waals surface area contributed by atoms with Crippen LogP contribution in [0.5, 0.6) is 11.8 Å². The number of rotatable bonds is 7. The molecule has 3 aromatic heterocycles. The molecule has 0 aliphatic heterocycles. The van der Waals surface area contributed by atoms with Crippen molar-refractivity contribution in [3.8, 4) is 11.8 Å². The number of aromatic nitrogens is 5. The van der Waals surface area contributed by atoms with E-state index in [0.717, 1.165) is 33.3 Å². The molecule has 0 spiro atoms. The van der Waals surface area contributed by atoms with Crippen LogP contribution in [0, 0.1) is 0 Å². The molecule has 0 radical (unpaired) electrons. The Morgan fingerprint density at radius 1 is 1.06 bits per heavy atom. The van der Waals surface area contributed by atoms with Crippen molar-refractivity contribution in [2.45, 2.75) is 12.7 Å². The number of anilines is 3. The number of aryl methyl sites for hydroxylation is 1. The van der Waals surface area contributed by atoms with E-state index in [1.165, 1.54) is 12.4 Å². The van der Waals surface area contributed by atoms with E-state index in [1.807, 2.05) is 41.9 Å². The summed E-state index contributed by atoms with van der Waals surface area (Å²) >= 11 is 6.67. The summed E-state index contributed by atoms with van der Waals surface area (Å²) < 4.78 is 45.9. The second-order valence-corrected chi connectivity index (χ2v) is 8.94. The smallest absolute Gasteiger partial charge is 0.424 e. The lowest BCUT2D eigenvalue weighted by Gasteiger charge is -2.08. The normalized spacial score (nSPS) is 11.6. The van der Waals surface area contributed by atoms with Crippen molar-refractivity contribution in [3.63, 3.8) is 0 Å². The first kappa shape index (κ1) is 23.8. The summed E-state index contributed by atoms with van der Waals surface area (Å²) in [7, 11) is 1.86. The number of fused-ring (bicyclic) bond motifs is 1. The lowest BCUT2D eigenvalue weighted by atomic mass is 10.2. The standard InChI is InChI=1S/C23H17ClF3N7OS/c1-34-18-8-15(31-22-33-19(12-36-22)23(25,26)27)4-7-17(18)32-20(34)28-9-13-2-5-16(6-3-13)35-21-29-10-14(24)11-30-21/h2-8,10-12H,9H2,1H3,(H,28,32)(H,31,33). The fourth-order valence-electron chi connectivity index (χ4n) is 3.33. The summed E-state index contributed by atoms with van der Waals surface area (Å²) in [5.41, 5.74) is 2.24. The van der Waals surface area contributed by atoms with Gasteiger partial charge in [-0.1, -0.05) is 23.7 Å². The van der Waals surface area contributed by atoms with Gasteiger partial charge in [-0.15, -0.1) is 11.3 Å². The van der Waals surface area contributed by atoms with Crippen molar-refractivity contribution >= 4 is 50.7 Å². The first-order valence-corrected chi connectivity index (χ1v) is 11.7. The molecule has 3 heterocycles. The number of imidazole rings is 1. The monoisotopic (exact) mass is 531 g/mol. The Morgan fingerprint density at radius 3 is 2.50 bits per heavy atom. The molecular formula is C23H17ClF3N7OS. The minimum Gasteiger partial charge on any atom is -0.424 e. The molecule has 8 nitrogen and oxygen atoms in total. The van der Waals surface area contributed by atoms with Gasteiger partial charge in [-0.05, 0) is 35.9 Å². The number of hydrogen-bond donors (Lipinski definition) is 2. The number of thiazole rings is 1. The molecule has 2 N–H and O–H groups in total. The Hall–Kier alpha value is -3.90. The van der Waals surface area contributed by atoms with Crippen LogP contribution < -0.4 is 15.4 Å². The van der Waals surface area contributed by atoms with Crippen molar-refractivity contribution in [2.24, 2.45) is 7.05 Å². The maximum absolute atomic E-state index is 12.8. The van der Waals surface area contributed by atoms with Crippen LogP contribution in [0.1, 0.15) is 11.3 Å². The molecule has 5 aromatic rings. The zero-order valence-corrected chi connectivity index (χ0v) is 20.1. The number of alkyl halides is 3. The number of halogens is 4. The van der Waals surface area contributed by atoms with Crippen molar-refractivity contribution in [3.05, 3.63) is 76.5 Å². The summed E-state index contributed by atoms with van der Waals surface area (Å²) in [4.78, 5) is 16.2. The summed E-state index contributed by atoms with van der Waals surface area (Å²) in [5.74, 6) is 1.23. The van der Waals surface area contributed by atoms with Crippen LogP contribution in [0.15, 0.2) is 60.2 Å².